The average molecular weight is 427 g/mol. The standard InChI is InChI=1S/C20H27ClN2O4S/c21-5-2-8-28(24,25)23-6-1-3-15-12-22-7-4-14-9-19-20(27-13-26-19)10-16(14)18(22)11-17(15)23/h9-10,15,17-18H,1-8,11-13H2/t15-,17+,18+/m1/s1. The van der Waals surface area contributed by atoms with Gasteiger partial charge in [0.15, 0.2) is 11.5 Å². The van der Waals surface area contributed by atoms with Gasteiger partial charge in [0.1, 0.15) is 0 Å². The maximum Gasteiger partial charge on any atom is 0.231 e. The van der Waals surface area contributed by atoms with E-state index < -0.39 is 10.0 Å². The third kappa shape index (κ3) is 3.20. The second-order valence-electron chi connectivity index (χ2n) is 8.34. The van der Waals surface area contributed by atoms with E-state index in [1.807, 2.05) is 4.31 Å². The first kappa shape index (κ1) is 19.0. The van der Waals surface area contributed by atoms with Gasteiger partial charge in [0.05, 0.1) is 5.75 Å². The Kier molecular flexibility index (Phi) is 4.98. The third-order valence-electron chi connectivity index (χ3n) is 6.80. The fourth-order valence-corrected chi connectivity index (χ4v) is 7.61. The predicted molar refractivity (Wildman–Crippen MR) is 108 cm³/mol. The molecule has 0 amide bonds. The molecule has 1 aromatic carbocycles. The van der Waals surface area contributed by atoms with Crippen LogP contribution in [0.2, 0.25) is 0 Å². The normalized spacial score (nSPS) is 29.8. The Morgan fingerprint density at radius 1 is 1.18 bits per heavy atom. The van der Waals surface area contributed by atoms with Crippen LogP contribution in [-0.4, -0.2) is 61.7 Å². The van der Waals surface area contributed by atoms with E-state index in [1.165, 1.54) is 11.1 Å². The molecule has 6 nitrogen and oxygen atoms in total. The van der Waals surface area contributed by atoms with E-state index in [0.717, 1.165) is 50.3 Å². The first-order valence-corrected chi connectivity index (χ1v) is 12.4. The molecule has 4 aliphatic heterocycles. The molecule has 3 atom stereocenters. The summed E-state index contributed by atoms with van der Waals surface area (Å²) in [6.07, 6.45) is 4.45. The monoisotopic (exact) mass is 426 g/mol. The summed E-state index contributed by atoms with van der Waals surface area (Å²) in [5.41, 5.74) is 2.61. The summed E-state index contributed by atoms with van der Waals surface area (Å²) < 4.78 is 38.9. The van der Waals surface area contributed by atoms with Gasteiger partial charge in [-0.1, -0.05) is 0 Å². The molecule has 4 aliphatic rings. The average Bonchev–Trinajstić information content (AvgIpc) is 3.16. The fourth-order valence-electron chi connectivity index (χ4n) is 5.49. The van der Waals surface area contributed by atoms with Crippen LogP contribution >= 0.6 is 11.6 Å². The first-order chi connectivity index (χ1) is 13.6. The topological polar surface area (TPSA) is 59.1 Å². The van der Waals surface area contributed by atoms with Crippen molar-refractivity contribution < 1.29 is 17.9 Å². The van der Waals surface area contributed by atoms with Crippen LogP contribution < -0.4 is 9.47 Å². The molecule has 0 bridgehead atoms. The minimum absolute atomic E-state index is 0.0895. The van der Waals surface area contributed by atoms with Gasteiger partial charge in [-0.05, 0) is 61.3 Å². The van der Waals surface area contributed by atoms with E-state index in [-0.39, 0.29) is 24.6 Å². The van der Waals surface area contributed by atoms with Crippen molar-refractivity contribution in [1.82, 2.24) is 9.21 Å². The van der Waals surface area contributed by atoms with Gasteiger partial charge in [0.2, 0.25) is 16.8 Å². The van der Waals surface area contributed by atoms with Gasteiger partial charge < -0.3 is 9.47 Å². The van der Waals surface area contributed by atoms with E-state index in [9.17, 15) is 8.42 Å². The second-order valence-corrected chi connectivity index (χ2v) is 10.8. The van der Waals surface area contributed by atoms with Crippen LogP contribution in [0.15, 0.2) is 12.1 Å². The van der Waals surface area contributed by atoms with Gasteiger partial charge in [0.25, 0.3) is 0 Å². The Morgan fingerprint density at radius 3 is 2.82 bits per heavy atom. The van der Waals surface area contributed by atoms with Crippen LogP contribution in [0.5, 0.6) is 11.5 Å². The lowest BCUT2D eigenvalue weighted by Crippen LogP contribution is -2.57. The molecule has 0 aromatic heterocycles. The largest absolute Gasteiger partial charge is 0.454 e. The van der Waals surface area contributed by atoms with Crippen LogP contribution in [0.3, 0.4) is 0 Å². The van der Waals surface area contributed by atoms with Crippen molar-refractivity contribution in [2.75, 3.05) is 38.1 Å². The van der Waals surface area contributed by atoms with Gasteiger partial charge in [0, 0.05) is 37.6 Å². The van der Waals surface area contributed by atoms with E-state index in [4.69, 9.17) is 21.1 Å². The molecule has 28 heavy (non-hydrogen) atoms. The summed E-state index contributed by atoms with van der Waals surface area (Å²) in [5.74, 6) is 2.62. The number of alkyl halides is 1. The zero-order valence-electron chi connectivity index (χ0n) is 16.0. The molecule has 0 saturated carbocycles. The van der Waals surface area contributed by atoms with Crippen LogP contribution in [0.1, 0.15) is 42.9 Å². The summed E-state index contributed by atoms with van der Waals surface area (Å²) in [6, 6.07) is 4.59. The van der Waals surface area contributed by atoms with Crippen LogP contribution in [0, 0.1) is 5.92 Å². The molecular formula is C20H27ClN2O4S. The van der Waals surface area contributed by atoms with Crippen molar-refractivity contribution in [2.45, 2.75) is 44.2 Å². The highest BCUT2D eigenvalue weighted by atomic mass is 35.5. The molecule has 5 rings (SSSR count). The van der Waals surface area contributed by atoms with Crippen molar-refractivity contribution in [3.8, 4) is 11.5 Å². The Labute approximate surface area is 171 Å². The maximum atomic E-state index is 13.0. The molecule has 2 saturated heterocycles. The number of halogens is 1. The number of benzene rings is 1. The molecule has 0 spiro atoms. The summed E-state index contributed by atoms with van der Waals surface area (Å²) in [5, 5.41) is 0. The minimum atomic E-state index is -3.25. The van der Waals surface area contributed by atoms with Crippen molar-refractivity contribution in [3.63, 3.8) is 0 Å². The predicted octanol–water partition coefficient (Wildman–Crippen LogP) is 2.76. The van der Waals surface area contributed by atoms with E-state index in [1.54, 1.807) is 0 Å². The number of nitrogens with zero attached hydrogens (tertiary/aromatic N) is 2. The third-order valence-corrected chi connectivity index (χ3v) is 9.04. The summed E-state index contributed by atoms with van der Waals surface area (Å²) in [7, 11) is -3.25. The van der Waals surface area contributed by atoms with Gasteiger partial charge in [-0.25, -0.2) is 8.42 Å². The highest BCUT2D eigenvalue weighted by Gasteiger charge is 2.46. The van der Waals surface area contributed by atoms with E-state index in [0.29, 0.717) is 24.8 Å². The number of sulfonamides is 1. The summed E-state index contributed by atoms with van der Waals surface area (Å²) in [4.78, 5) is 2.56. The molecule has 154 valence electrons. The molecule has 0 radical (unpaired) electrons. The molecule has 8 heteroatoms. The Balaban J connectivity index is 1.45. The second kappa shape index (κ2) is 7.35. The van der Waals surface area contributed by atoms with Crippen LogP contribution in [-0.2, 0) is 16.4 Å². The lowest BCUT2D eigenvalue weighted by Gasteiger charge is -2.51. The molecule has 0 unspecified atom stereocenters. The van der Waals surface area contributed by atoms with Crippen LogP contribution in [0.25, 0.3) is 0 Å². The fraction of sp³-hybridized carbons (Fsp3) is 0.700. The van der Waals surface area contributed by atoms with Gasteiger partial charge in [-0.3, -0.25) is 4.90 Å². The smallest absolute Gasteiger partial charge is 0.231 e. The van der Waals surface area contributed by atoms with Gasteiger partial charge in [-0.2, -0.15) is 4.31 Å². The summed E-state index contributed by atoms with van der Waals surface area (Å²) in [6.45, 7) is 2.93. The maximum absolute atomic E-state index is 13.0. The number of hydrogen-bond donors (Lipinski definition) is 0. The van der Waals surface area contributed by atoms with Gasteiger partial charge in [-0.15, -0.1) is 11.6 Å². The summed E-state index contributed by atoms with van der Waals surface area (Å²) >= 11 is 5.77. The molecule has 4 heterocycles. The first-order valence-electron chi connectivity index (χ1n) is 10.3. The van der Waals surface area contributed by atoms with Crippen molar-refractivity contribution >= 4 is 21.6 Å². The zero-order valence-corrected chi connectivity index (χ0v) is 17.6. The number of piperidine rings is 2. The number of fused-ring (bicyclic) bond motifs is 5. The quantitative estimate of drug-likeness (QED) is 0.693. The van der Waals surface area contributed by atoms with Gasteiger partial charge >= 0.3 is 0 Å². The minimum Gasteiger partial charge on any atom is -0.454 e. The molecular weight excluding hydrogens is 400 g/mol. The van der Waals surface area contributed by atoms with Crippen molar-refractivity contribution in [3.05, 3.63) is 23.3 Å². The lowest BCUT2D eigenvalue weighted by atomic mass is 9.77. The highest BCUT2D eigenvalue weighted by Crippen LogP contribution is 2.46. The molecule has 1 aromatic rings. The Morgan fingerprint density at radius 2 is 2.00 bits per heavy atom. The lowest BCUT2D eigenvalue weighted by molar-refractivity contribution is 0.0219. The number of ether oxygens (including phenoxy) is 2. The van der Waals surface area contributed by atoms with Crippen molar-refractivity contribution in [1.29, 1.82) is 0 Å². The Bertz CT molecular complexity index is 862. The molecule has 0 aliphatic carbocycles. The Hall–Kier alpha value is -1.02. The highest BCUT2D eigenvalue weighted by molar-refractivity contribution is 7.89. The van der Waals surface area contributed by atoms with E-state index in [2.05, 4.69) is 17.0 Å². The molecule has 0 N–H and O–H groups in total. The van der Waals surface area contributed by atoms with E-state index >= 15 is 0 Å². The van der Waals surface area contributed by atoms with Crippen molar-refractivity contribution in [2.24, 2.45) is 5.92 Å². The number of rotatable bonds is 4. The molecule has 2 fully saturated rings. The number of hydrogen-bond acceptors (Lipinski definition) is 5. The zero-order chi connectivity index (χ0) is 19.3. The van der Waals surface area contributed by atoms with Crippen LogP contribution in [0.4, 0.5) is 0 Å². The SMILES string of the molecule is O=S(=O)(CCCCl)N1CCC[C@@H]2CN3CCc4cc5c(cc4[C@@H]3C[C@@H]21)OCO5.